The highest BCUT2D eigenvalue weighted by atomic mass is 32.3. The molecule has 0 saturated carbocycles. The lowest BCUT2D eigenvalue weighted by Gasteiger charge is -2.39. The molecule has 3 N–H and O–H groups in total. The minimum absolute atomic E-state index is 1.02. The Morgan fingerprint density at radius 2 is 1.89 bits per heavy atom. The second kappa shape index (κ2) is 5.44. The van der Waals surface area contributed by atoms with E-state index in [1.54, 1.807) is 0 Å². The number of carbonyl (C=O) groups is 1. The maximum Gasteiger partial charge on any atom is 0.335 e. The molecule has 1 aliphatic rings. The fraction of sp³-hybridized carbons (Fsp3) is 0.857. The van der Waals surface area contributed by atoms with Gasteiger partial charge in [0, 0.05) is 7.11 Å². The van der Waals surface area contributed by atoms with Gasteiger partial charge in [0.05, 0.1) is 0 Å². The summed E-state index contributed by atoms with van der Waals surface area (Å²) in [4.78, 5) is 10.7. The van der Waals surface area contributed by atoms with Crippen LogP contribution in [0.5, 0.6) is 0 Å². The average Bonchev–Trinajstić information content (AvgIpc) is 2.23. The molecule has 1 heterocycles. The molecule has 0 aromatic carbocycles. The number of rotatable bonds is 4. The van der Waals surface area contributed by atoms with Crippen molar-refractivity contribution < 1.29 is 46.7 Å². The summed E-state index contributed by atoms with van der Waals surface area (Å²) in [6.45, 7) is 0. The summed E-state index contributed by atoms with van der Waals surface area (Å²) in [6.07, 6.45) is -9.27. The Kier molecular flexibility index (Phi) is 4.61. The Bertz CT molecular complexity index is 402. The summed E-state index contributed by atoms with van der Waals surface area (Å²) < 4.78 is 44.5. The van der Waals surface area contributed by atoms with E-state index in [1.807, 2.05) is 0 Å². The van der Waals surface area contributed by atoms with Gasteiger partial charge >= 0.3 is 5.97 Å². The third kappa shape index (κ3) is 3.35. The van der Waals surface area contributed by atoms with E-state index in [-0.39, 0.29) is 0 Å². The van der Waals surface area contributed by atoms with Crippen molar-refractivity contribution in [3.8, 4) is 0 Å². The highest BCUT2D eigenvalue weighted by Gasteiger charge is 2.49. The highest BCUT2D eigenvalue weighted by Crippen LogP contribution is 2.25. The number of carboxylic acid groups (broad SMARTS) is 1. The molecule has 1 aliphatic heterocycles. The molecule has 3 unspecified atom stereocenters. The molecule has 0 aromatic rings. The van der Waals surface area contributed by atoms with Gasteiger partial charge in [-0.3, -0.25) is 4.18 Å². The van der Waals surface area contributed by atoms with Crippen LogP contribution in [-0.2, 0) is 28.9 Å². The molecule has 0 bridgehead atoms. The molecular formula is C7H11O10S-. The molecule has 1 fully saturated rings. The summed E-state index contributed by atoms with van der Waals surface area (Å²) in [5.41, 5.74) is 0. The zero-order valence-electron chi connectivity index (χ0n) is 8.99. The van der Waals surface area contributed by atoms with Crippen LogP contribution < -0.4 is 0 Å². The lowest BCUT2D eigenvalue weighted by Crippen LogP contribution is -2.61. The van der Waals surface area contributed by atoms with Crippen molar-refractivity contribution in [2.75, 3.05) is 7.11 Å². The zero-order valence-corrected chi connectivity index (χ0v) is 9.81. The van der Waals surface area contributed by atoms with Crippen LogP contribution in [0.2, 0.25) is 0 Å². The fourth-order valence-electron chi connectivity index (χ4n) is 1.47. The van der Waals surface area contributed by atoms with Crippen LogP contribution in [0.3, 0.4) is 0 Å². The minimum Gasteiger partial charge on any atom is -0.726 e. The predicted octanol–water partition coefficient (Wildman–Crippen LogP) is -2.99. The summed E-state index contributed by atoms with van der Waals surface area (Å²) >= 11 is 0. The second-order valence-electron chi connectivity index (χ2n) is 3.45. The summed E-state index contributed by atoms with van der Waals surface area (Å²) in [7, 11) is -4.17. The molecule has 10 nitrogen and oxygen atoms in total. The molecule has 5 atom stereocenters. The Balaban J connectivity index is 2.95. The van der Waals surface area contributed by atoms with E-state index in [0.29, 0.717) is 0 Å². The van der Waals surface area contributed by atoms with E-state index >= 15 is 0 Å². The van der Waals surface area contributed by atoms with Crippen molar-refractivity contribution in [3.05, 3.63) is 0 Å². The van der Waals surface area contributed by atoms with Crippen molar-refractivity contribution in [2.24, 2.45) is 0 Å². The molecule has 1 saturated heterocycles. The maximum absolute atomic E-state index is 10.7. The second-order valence-corrected chi connectivity index (χ2v) is 4.46. The summed E-state index contributed by atoms with van der Waals surface area (Å²) in [6, 6.07) is 0. The first kappa shape index (κ1) is 15.2. The number of aliphatic carboxylic acids is 1. The standard InChI is InChI=1S/C7H12O10S/c1-15-7-5(17-18(12,13)14)3(9)2(8)4(16-7)6(10)11/h2-5,7-9H,1H3,(H,10,11)(H,12,13,14)/p-1/t2-,3+,4?,5?,7?/m1/s1. The number of methoxy groups -OCH3 is 1. The van der Waals surface area contributed by atoms with Gasteiger partial charge in [-0.15, -0.1) is 0 Å². The number of ether oxygens (including phenoxy) is 2. The Morgan fingerprint density at radius 1 is 1.33 bits per heavy atom. The van der Waals surface area contributed by atoms with Crippen LogP contribution in [0.4, 0.5) is 0 Å². The quantitative estimate of drug-likeness (QED) is 0.359. The molecule has 11 heteroatoms. The molecule has 0 amide bonds. The zero-order chi connectivity index (χ0) is 14.1. The summed E-state index contributed by atoms with van der Waals surface area (Å²) in [5, 5.41) is 27.6. The smallest absolute Gasteiger partial charge is 0.335 e. The first-order chi connectivity index (χ1) is 8.17. The van der Waals surface area contributed by atoms with Gasteiger partial charge in [-0.1, -0.05) is 0 Å². The third-order valence-electron chi connectivity index (χ3n) is 2.25. The molecule has 18 heavy (non-hydrogen) atoms. The SMILES string of the molecule is COC1OC(C(=O)O)[C@H](O)[C@H](O)C1OS(=O)(=O)[O-]. The van der Waals surface area contributed by atoms with Gasteiger partial charge in [-0.25, -0.2) is 13.2 Å². The van der Waals surface area contributed by atoms with Gasteiger partial charge < -0.3 is 29.3 Å². The number of aliphatic hydroxyl groups excluding tert-OH is 2. The molecule has 1 rings (SSSR count). The summed E-state index contributed by atoms with van der Waals surface area (Å²) in [5.74, 6) is -1.59. The van der Waals surface area contributed by atoms with Crippen LogP contribution in [0, 0.1) is 0 Å². The van der Waals surface area contributed by atoms with Crippen molar-refractivity contribution in [2.45, 2.75) is 30.7 Å². The lowest BCUT2D eigenvalue weighted by molar-refractivity contribution is -0.282. The van der Waals surface area contributed by atoms with E-state index in [4.69, 9.17) is 5.11 Å². The molecular weight excluding hydrogens is 276 g/mol. The van der Waals surface area contributed by atoms with Gasteiger partial charge in [0.2, 0.25) is 10.4 Å². The Hall–Kier alpha value is -0.820. The number of aliphatic hydroxyl groups is 2. The van der Waals surface area contributed by atoms with Crippen molar-refractivity contribution in [3.63, 3.8) is 0 Å². The van der Waals surface area contributed by atoms with Crippen LogP contribution in [0.1, 0.15) is 0 Å². The van der Waals surface area contributed by atoms with Gasteiger partial charge in [0.15, 0.2) is 18.5 Å². The van der Waals surface area contributed by atoms with Gasteiger partial charge in [0.1, 0.15) is 12.2 Å². The van der Waals surface area contributed by atoms with Crippen LogP contribution in [-0.4, -0.2) is 72.1 Å². The Morgan fingerprint density at radius 3 is 2.28 bits per heavy atom. The van der Waals surface area contributed by atoms with Crippen LogP contribution in [0.15, 0.2) is 0 Å². The number of carboxylic acids is 1. The van der Waals surface area contributed by atoms with E-state index in [2.05, 4.69) is 13.7 Å². The van der Waals surface area contributed by atoms with Gasteiger partial charge in [-0.2, -0.15) is 0 Å². The molecule has 0 radical (unpaired) electrons. The van der Waals surface area contributed by atoms with Gasteiger partial charge in [-0.05, 0) is 0 Å². The first-order valence-electron chi connectivity index (χ1n) is 4.58. The average molecular weight is 287 g/mol. The highest BCUT2D eigenvalue weighted by molar-refractivity contribution is 7.80. The van der Waals surface area contributed by atoms with E-state index < -0.39 is 47.1 Å². The third-order valence-corrected chi connectivity index (χ3v) is 2.71. The van der Waals surface area contributed by atoms with Crippen LogP contribution >= 0.6 is 0 Å². The normalized spacial score (nSPS) is 37.4. The lowest BCUT2D eigenvalue weighted by atomic mass is 9.99. The van der Waals surface area contributed by atoms with Crippen molar-refractivity contribution >= 4 is 16.4 Å². The van der Waals surface area contributed by atoms with E-state index in [0.717, 1.165) is 7.11 Å². The monoisotopic (exact) mass is 287 g/mol. The van der Waals surface area contributed by atoms with Gasteiger partial charge in [0.25, 0.3) is 0 Å². The predicted molar refractivity (Wildman–Crippen MR) is 49.9 cm³/mol. The number of hydrogen-bond donors (Lipinski definition) is 3. The van der Waals surface area contributed by atoms with Crippen molar-refractivity contribution in [1.82, 2.24) is 0 Å². The topological polar surface area (TPSA) is 163 Å². The number of hydrogen-bond acceptors (Lipinski definition) is 9. The fourth-order valence-corrected chi connectivity index (χ4v) is 1.95. The first-order valence-corrected chi connectivity index (χ1v) is 5.92. The van der Waals surface area contributed by atoms with Crippen LogP contribution in [0.25, 0.3) is 0 Å². The van der Waals surface area contributed by atoms with E-state index in [9.17, 15) is 28.0 Å². The van der Waals surface area contributed by atoms with Crippen molar-refractivity contribution in [1.29, 1.82) is 0 Å². The van der Waals surface area contributed by atoms with E-state index in [1.165, 1.54) is 0 Å². The molecule has 0 aromatic heterocycles. The molecule has 0 aliphatic carbocycles. The molecule has 0 spiro atoms. The Labute approximate surface area is 102 Å². The molecule has 106 valence electrons. The largest absolute Gasteiger partial charge is 0.726 e. The minimum atomic E-state index is -5.19. The maximum atomic E-state index is 10.7.